The minimum absolute atomic E-state index is 0.182. The molecule has 0 saturated carbocycles. The number of ether oxygens (including phenoxy) is 1. The molecule has 102 valence electrons. The quantitative estimate of drug-likeness (QED) is 0.652. The Morgan fingerprint density at radius 3 is 2.74 bits per heavy atom. The highest BCUT2D eigenvalue weighted by Crippen LogP contribution is 2.28. The lowest BCUT2D eigenvalue weighted by Crippen LogP contribution is -2.30. The Morgan fingerprint density at radius 1 is 1.53 bits per heavy atom. The van der Waals surface area contributed by atoms with E-state index in [1.54, 1.807) is 23.9 Å². The molecule has 0 aliphatic heterocycles. The Bertz CT molecular complexity index is 569. The molecule has 1 aromatic carbocycles. The normalized spacial score (nSPS) is 12.5. The van der Waals surface area contributed by atoms with Gasteiger partial charge in [0.1, 0.15) is 0 Å². The minimum atomic E-state index is -0.452. The zero-order chi connectivity index (χ0) is 14.0. The summed E-state index contributed by atoms with van der Waals surface area (Å²) in [5, 5.41) is 7.75. The first-order valence-corrected chi connectivity index (χ1v) is 6.22. The van der Waals surface area contributed by atoms with Crippen LogP contribution in [0.1, 0.15) is 17.3 Å². The van der Waals surface area contributed by atoms with Crippen LogP contribution in [-0.4, -0.2) is 22.1 Å². The first-order chi connectivity index (χ1) is 9.08. The molecule has 2 aromatic rings. The lowest BCUT2D eigenvalue weighted by molar-refractivity contribution is 0.385. The minimum Gasteiger partial charge on any atom is -0.494 e. The molecule has 6 nitrogen and oxygen atoms in total. The molecule has 0 saturated heterocycles. The first kappa shape index (κ1) is 13.9. The number of nitrogens with one attached hydrogen (secondary N) is 1. The largest absolute Gasteiger partial charge is 0.494 e. The Balaban J connectivity index is 2.46. The fraction of sp³-hybridized carbons (Fsp3) is 0.273. The number of benzene rings is 1. The summed E-state index contributed by atoms with van der Waals surface area (Å²) in [7, 11) is 3.15. The van der Waals surface area contributed by atoms with Crippen molar-refractivity contribution >= 4 is 15.9 Å². The van der Waals surface area contributed by atoms with Crippen LogP contribution in [0.4, 0.5) is 4.39 Å². The van der Waals surface area contributed by atoms with E-state index in [4.69, 9.17) is 10.6 Å². The van der Waals surface area contributed by atoms with Gasteiger partial charge in [0.05, 0.1) is 18.8 Å². The van der Waals surface area contributed by atoms with Crippen LogP contribution in [0.5, 0.6) is 5.75 Å². The Labute approximate surface area is 117 Å². The molecule has 1 aromatic heterocycles. The van der Waals surface area contributed by atoms with Crippen LogP contribution in [0.25, 0.3) is 0 Å². The number of aromatic nitrogens is 3. The SMILES string of the molecule is COc1ccc(C(NN)c2c(Br)nnn2C)cc1F. The van der Waals surface area contributed by atoms with Gasteiger partial charge in [-0.15, -0.1) is 5.10 Å². The Kier molecular flexibility index (Phi) is 4.13. The van der Waals surface area contributed by atoms with Crippen molar-refractivity contribution < 1.29 is 9.13 Å². The van der Waals surface area contributed by atoms with E-state index in [9.17, 15) is 4.39 Å². The van der Waals surface area contributed by atoms with E-state index >= 15 is 0 Å². The molecule has 2 rings (SSSR count). The van der Waals surface area contributed by atoms with Crippen LogP contribution >= 0.6 is 15.9 Å². The highest BCUT2D eigenvalue weighted by molar-refractivity contribution is 9.10. The predicted molar refractivity (Wildman–Crippen MR) is 70.8 cm³/mol. The van der Waals surface area contributed by atoms with Gasteiger partial charge in [-0.3, -0.25) is 5.84 Å². The summed E-state index contributed by atoms with van der Waals surface area (Å²) in [5.74, 6) is 5.29. The molecule has 1 heterocycles. The van der Waals surface area contributed by atoms with E-state index in [-0.39, 0.29) is 5.75 Å². The van der Waals surface area contributed by atoms with E-state index in [0.717, 1.165) is 0 Å². The maximum Gasteiger partial charge on any atom is 0.165 e. The molecule has 1 atom stereocenters. The summed E-state index contributed by atoms with van der Waals surface area (Å²) >= 11 is 3.29. The average Bonchev–Trinajstić information content (AvgIpc) is 2.72. The molecule has 0 radical (unpaired) electrons. The number of methoxy groups -OCH3 is 1. The third kappa shape index (κ3) is 2.60. The second kappa shape index (κ2) is 5.64. The Morgan fingerprint density at radius 2 is 2.26 bits per heavy atom. The van der Waals surface area contributed by atoms with Gasteiger partial charge in [0, 0.05) is 7.05 Å². The number of nitrogens with zero attached hydrogens (tertiary/aromatic N) is 3. The van der Waals surface area contributed by atoms with Crippen molar-refractivity contribution in [1.82, 2.24) is 20.4 Å². The van der Waals surface area contributed by atoms with Crippen molar-refractivity contribution in [3.8, 4) is 5.75 Å². The number of hydrazine groups is 1. The number of hydrogen-bond acceptors (Lipinski definition) is 5. The van der Waals surface area contributed by atoms with Crippen LogP contribution in [0.2, 0.25) is 0 Å². The van der Waals surface area contributed by atoms with Crippen LogP contribution in [0.15, 0.2) is 22.8 Å². The summed E-state index contributed by atoms with van der Waals surface area (Å²) in [6.45, 7) is 0. The standard InChI is InChI=1S/C11H13BrFN5O/c1-18-10(11(12)16-17-18)9(15-14)6-3-4-8(19-2)7(13)5-6/h3-5,9,15H,14H2,1-2H3. The number of hydrogen-bond donors (Lipinski definition) is 2. The molecule has 1 unspecified atom stereocenters. The molecule has 3 N–H and O–H groups in total. The molecular weight excluding hydrogens is 317 g/mol. The van der Waals surface area contributed by atoms with Gasteiger partial charge in [-0.25, -0.2) is 14.5 Å². The predicted octanol–water partition coefficient (Wildman–Crippen LogP) is 1.28. The van der Waals surface area contributed by atoms with Crippen molar-refractivity contribution in [3.05, 3.63) is 39.9 Å². The molecule has 0 aliphatic rings. The summed E-state index contributed by atoms with van der Waals surface area (Å²) in [4.78, 5) is 0. The monoisotopic (exact) mass is 329 g/mol. The highest BCUT2D eigenvalue weighted by atomic mass is 79.9. The summed E-state index contributed by atoms with van der Waals surface area (Å²) in [5.41, 5.74) is 3.98. The lowest BCUT2D eigenvalue weighted by atomic mass is 10.0. The van der Waals surface area contributed by atoms with Gasteiger partial charge in [-0.05, 0) is 33.6 Å². The molecular formula is C11H13BrFN5O. The van der Waals surface area contributed by atoms with E-state index in [1.165, 1.54) is 13.2 Å². The number of nitrogens with two attached hydrogens (primary N) is 1. The van der Waals surface area contributed by atoms with Gasteiger partial charge in [-0.1, -0.05) is 11.3 Å². The number of aryl methyl sites for hydroxylation is 1. The van der Waals surface area contributed by atoms with Crippen molar-refractivity contribution in [2.75, 3.05) is 7.11 Å². The smallest absolute Gasteiger partial charge is 0.165 e. The van der Waals surface area contributed by atoms with Gasteiger partial charge in [0.15, 0.2) is 16.2 Å². The molecule has 0 spiro atoms. The van der Waals surface area contributed by atoms with Crippen molar-refractivity contribution in [1.29, 1.82) is 0 Å². The van der Waals surface area contributed by atoms with Crippen LogP contribution in [0, 0.1) is 5.82 Å². The maximum atomic E-state index is 13.7. The molecule has 19 heavy (non-hydrogen) atoms. The van der Waals surface area contributed by atoms with Crippen molar-refractivity contribution in [2.24, 2.45) is 12.9 Å². The lowest BCUT2D eigenvalue weighted by Gasteiger charge is -2.17. The van der Waals surface area contributed by atoms with Gasteiger partial charge < -0.3 is 4.74 Å². The molecule has 0 amide bonds. The fourth-order valence-electron chi connectivity index (χ4n) is 1.84. The Hall–Kier alpha value is -1.51. The summed E-state index contributed by atoms with van der Waals surface area (Å²) in [6, 6.07) is 4.20. The van der Waals surface area contributed by atoms with Gasteiger partial charge in [-0.2, -0.15) is 0 Å². The van der Waals surface area contributed by atoms with Gasteiger partial charge >= 0.3 is 0 Å². The van der Waals surface area contributed by atoms with E-state index in [2.05, 4.69) is 31.7 Å². The zero-order valence-electron chi connectivity index (χ0n) is 10.4. The highest BCUT2D eigenvalue weighted by Gasteiger charge is 2.22. The van der Waals surface area contributed by atoms with E-state index in [1.807, 2.05) is 0 Å². The number of rotatable bonds is 4. The maximum absolute atomic E-state index is 13.7. The third-order valence-electron chi connectivity index (χ3n) is 2.78. The van der Waals surface area contributed by atoms with Crippen LogP contribution < -0.4 is 16.0 Å². The molecule has 0 bridgehead atoms. The van der Waals surface area contributed by atoms with Crippen molar-refractivity contribution in [3.63, 3.8) is 0 Å². The third-order valence-corrected chi connectivity index (χ3v) is 3.34. The topological polar surface area (TPSA) is 78.0 Å². The number of halogens is 2. The van der Waals surface area contributed by atoms with Crippen LogP contribution in [0.3, 0.4) is 0 Å². The summed E-state index contributed by atoms with van der Waals surface area (Å²) < 4.78 is 20.7. The van der Waals surface area contributed by atoms with Gasteiger partial charge in [0.25, 0.3) is 0 Å². The molecule has 0 aliphatic carbocycles. The zero-order valence-corrected chi connectivity index (χ0v) is 12.0. The second-order valence-electron chi connectivity index (χ2n) is 3.88. The first-order valence-electron chi connectivity index (χ1n) is 5.43. The molecule has 0 fully saturated rings. The van der Waals surface area contributed by atoms with Crippen LogP contribution in [-0.2, 0) is 7.05 Å². The van der Waals surface area contributed by atoms with Crippen molar-refractivity contribution in [2.45, 2.75) is 6.04 Å². The summed E-state index contributed by atoms with van der Waals surface area (Å²) in [6.07, 6.45) is 0. The van der Waals surface area contributed by atoms with E-state index < -0.39 is 11.9 Å². The average molecular weight is 330 g/mol. The molecule has 8 heteroatoms. The van der Waals surface area contributed by atoms with E-state index in [0.29, 0.717) is 15.9 Å². The second-order valence-corrected chi connectivity index (χ2v) is 4.63. The van der Waals surface area contributed by atoms with Gasteiger partial charge in [0.2, 0.25) is 0 Å². The fourth-order valence-corrected chi connectivity index (χ4v) is 2.40.